The summed E-state index contributed by atoms with van der Waals surface area (Å²) in [5, 5.41) is 19.4. The van der Waals surface area contributed by atoms with Gasteiger partial charge in [-0.15, -0.1) is 0 Å². The van der Waals surface area contributed by atoms with Crippen molar-refractivity contribution in [2.45, 2.75) is 37.7 Å². The summed E-state index contributed by atoms with van der Waals surface area (Å²) in [5.74, 6) is 3.92. The molecule has 0 aliphatic heterocycles. The van der Waals surface area contributed by atoms with Crippen molar-refractivity contribution in [1.29, 1.82) is 0 Å². The Morgan fingerprint density at radius 1 is 0.638 bits per heavy atom. The van der Waals surface area contributed by atoms with E-state index in [0.29, 0.717) is 6.61 Å². The molecule has 0 bridgehead atoms. The van der Waals surface area contributed by atoms with Gasteiger partial charge in [0.15, 0.2) is 0 Å². The van der Waals surface area contributed by atoms with Crippen molar-refractivity contribution in [3.05, 3.63) is 95.6 Å². The molecule has 0 heterocycles. The van der Waals surface area contributed by atoms with Gasteiger partial charge in [-0.25, -0.2) is 0 Å². The monoisotopic (exact) mass is 684 g/mol. The number of aliphatic hydroxyl groups excluding tert-OH is 2. The topological polar surface area (TPSA) is 74.6 Å². The van der Waals surface area contributed by atoms with E-state index in [1.54, 1.807) is 14.2 Å². The summed E-state index contributed by atoms with van der Waals surface area (Å²) in [6, 6.07) is 26.5. The summed E-state index contributed by atoms with van der Waals surface area (Å²) in [6.07, 6.45) is 5.38. The first-order valence-electron chi connectivity index (χ1n) is 16.8. The molecule has 3 rings (SSSR count). The van der Waals surface area contributed by atoms with Crippen LogP contribution in [-0.4, -0.2) is 106 Å². The largest absolute Gasteiger partial charge is 0.497 e. The Bertz CT molecular complexity index is 1170. The molecule has 0 aromatic heterocycles. The number of hydrogen-bond acceptors (Lipinski definition) is 9. The normalized spacial score (nSPS) is 12.5. The molecule has 0 radical (unpaired) electrons. The lowest BCUT2D eigenvalue weighted by atomic mass is 9.79. The predicted octanol–water partition coefficient (Wildman–Crippen LogP) is 6.81. The van der Waals surface area contributed by atoms with Gasteiger partial charge < -0.3 is 34.2 Å². The molecular formula is C38H56N2O5S2. The zero-order valence-electron chi connectivity index (χ0n) is 28.8. The fourth-order valence-electron chi connectivity index (χ4n) is 5.66. The van der Waals surface area contributed by atoms with Crippen LogP contribution >= 0.6 is 21.6 Å². The van der Waals surface area contributed by atoms with Crippen LogP contribution in [0.5, 0.6) is 11.5 Å². The number of methoxy groups -OCH3 is 2. The second kappa shape index (κ2) is 22.4. The molecule has 0 saturated carbocycles. The summed E-state index contributed by atoms with van der Waals surface area (Å²) < 4.78 is 18.0. The third-order valence-corrected chi connectivity index (χ3v) is 11.0. The standard InChI is InChI=1S/C38H56N2O5S2/c1-39(24-10-28-46-47-29-11-25-40(2)26-27-41)23-9-8-12-32(30-42)31-45-38(33-13-6-5-7-14-33,34-15-19-36(43-3)20-16-34)35-17-21-37(44-4)22-18-35/h5-7,13-22,32,41-42H,8-12,23-31H2,1-4H3. The van der Waals surface area contributed by atoms with E-state index >= 15 is 0 Å². The highest BCUT2D eigenvalue weighted by molar-refractivity contribution is 8.76. The van der Waals surface area contributed by atoms with Crippen molar-refractivity contribution in [2.24, 2.45) is 5.92 Å². The molecule has 1 unspecified atom stereocenters. The highest BCUT2D eigenvalue weighted by atomic mass is 33.1. The van der Waals surface area contributed by atoms with Crippen LogP contribution in [0.1, 0.15) is 48.8 Å². The molecule has 1 atom stereocenters. The van der Waals surface area contributed by atoms with Crippen molar-refractivity contribution in [3.8, 4) is 11.5 Å². The molecule has 0 fully saturated rings. The van der Waals surface area contributed by atoms with Gasteiger partial charge in [0.2, 0.25) is 0 Å². The lowest BCUT2D eigenvalue weighted by molar-refractivity contribution is -0.0206. The minimum atomic E-state index is -0.875. The lowest BCUT2D eigenvalue weighted by Crippen LogP contribution is -2.35. The molecule has 9 heteroatoms. The first kappa shape index (κ1) is 39.2. The fourth-order valence-corrected chi connectivity index (χ4v) is 7.80. The summed E-state index contributed by atoms with van der Waals surface area (Å²) >= 11 is 0. The molecule has 0 spiro atoms. The Morgan fingerprint density at radius 2 is 1.13 bits per heavy atom. The van der Waals surface area contributed by atoms with Gasteiger partial charge in [-0.05, 0) is 100 Å². The zero-order valence-corrected chi connectivity index (χ0v) is 30.4. The summed E-state index contributed by atoms with van der Waals surface area (Å²) in [5.41, 5.74) is 2.14. The molecule has 7 nitrogen and oxygen atoms in total. The van der Waals surface area contributed by atoms with Crippen LogP contribution in [0.15, 0.2) is 78.9 Å². The number of nitrogens with zero attached hydrogens (tertiary/aromatic N) is 2. The molecule has 2 N–H and O–H groups in total. The quantitative estimate of drug-likeness (QED) is 0.0569. The van der Waals surface area contributed by atoms with Gasteiger partial charge in [0, 0.05) is 30.6 Å². The second-order valence-electron chi connectivity index (χ2n) is 12.0. The Hall–Kier alpha value is -2.24. The maximum Gasteiger partial charge on any atom is 0.143 e. The molecule has 0 amide bonds. The van der Waals surface area contributed by atoms with Crippen LogP contribution in [0.25, 0.3) is 0 Å². The van der Waals surface area contributed by atoms with Gasteiger partial charge in [0.1, 0.15) is 17.1 Å². The summed E-state index contributed by atoms with van der Waals surface area (Å²) in [7, 11) is 11.5. The average Bonchev–Trinajstić information content (AvgIpc) is 3.11. The minimum absolute atomic E-state index is 0.0248. The van der Waals surface area contributed by atoms with E-state index in [2.05, 4.69) is 60.3 Å². The smallest absolute Gasteiger partial charge is 0.143 e. The Morgan fingerprint density at radius 3 is 1.62 bits per heavy atom. The minimum Gasteiger partial charge on any atom is -0.497 e. The van der Waals surface area contributed by atoms with E-state index in [1.807, 2.05) is 64.1 Å². The first-order valence-corrected chi connectivity index (χ1v) is 19.3. The van der Waals surface area contributed by atoms with Crippen molar-refractivity contribution in [3.63, 3.8) is 0 Å². The molecular weight excluding hydrogens is 629 g/mol. The van der Waals surface area contributed by atoms with Crippen molar-refractivity contribution in [2.75, 3.05) is 85.8 Å². The zero-order chi connectivity index (χ0) is 33.7. The van der Waals surface area contributed by atoms with Gasteiger partial charge in [0.25, 0.3) is 0 Å². The van der Waals surface area contributed by atoms with Crippen LogP contribution < -0.4 is 9.47 Å². The number of benzene rings is 3. The first-order chi connectivity index (χ1) is 23.0. The molecule has 3 aromatic carbocycles. The maximum atomic E-state index is 10.4. The number of rotatable bonds is 25. The third-order valence-electron chi connectivity index (χ3n) is 8.47. The van der Waals surface area contributed by atoms with Crippen molar-refractivity contribution in [1.82, 2.24) is 9.80 Å². The van der Waals surface area contributed by atoms with Gasteiger partial charge in [-0.2, -0.15) is 0 Å². The molecule has 0 saturated heterocycles. The van der Waals surface area contributed by atoms with E-state index in [1.165, 1.54) is 6.42 Å². The van der Waals surface area contributed by atoms with E-state index < -0.39 is 5.60 Å². The fraction of sp³-hybridized carbons (Fsp3) is 0.526. The van der Waals surface area contributed by atoms with E-state index in [9.17, 15) is 5.11 Å². The van der Waals surface area contributed by atoms with Gasteiger partial charge >= 0.3 is 0 Å². The average molecular weight is 685 g/mol. The second-order valence-corrected chi connectivity index (χ2v) is 14.7. The van der Waals surface area contributed by atoms with Gasteiger partial charge in [-0.3, -0.25) is 0 Å². The number of likely N-dealkylation sites (N-methyl/N-ethyl adjacent to an activating group) is 1. The van der Waals surface area contributed by atoms with E-state index in [0.717, 1.165) is 91.6 Å². The van der Waals surface area contributed by atoms with Crippen LogP contribution in [0, 0.1) is 5.92 Å². The van der Waals surface area contributed by atoms with E-state index in [-0.39, 0.29) is 19.1 Å². The van der Waals surface area contributed by atoms with Crippen molar-refractivity contribution >= 4 is 21.6 Å². The van der Waals surface area contributed by atoms with Crippen LogP contribution in [0.2, 0.25) is 0 Å². The number of unbranched alkanes of at least 4 members (excludes halogenated alkanes) is 1. The Balaban J connectivity index is 1.54. The molecule has 260 valence electrons. The number of hydrogen-bond donors (Lipinski definition) is 2. The maximum absolute atomic E-state index is 10.4. The molecule has 47 heavy (non-hydrogen) atoms. The van der Waals surface area contributed by atoms with E-state index in [4.69, 9.17) is 19.3 Å². The highest BCUT2D eigenvalue weighted by Crippen LogP contribution is 2.42. The van der Waals surface area contributed by atoms with Crippen LogP contribution in [-0.2, 0) is 10.3 Å². The number of ether oxygens (including phenoxy) is 3. The molecule has 3 aromatic rings. The SMILES string of the molecule is COc1ccc(C(OCC(CO)CCCCN(C)CCCSSCCCN(C)CCO)(c2ccccc2)c2ccc(OC)cc2)cc1. The number of aliphatic hydroxyl groups is 2. The van der Waals surface area contributed by atoms with Crippen molar-refractivity contribution < 1.29 is 24.4 Å². The van der Waals surface area contributed by atoms with Gasteiger partial charge in [0.05, 0.1) is 27.4 Å². The summed E-state index contributed by atoms with van der Waals surface area (Å²) in [4.78, 5) is 4.60. The lowest BCUT2D eigenvalue weighted by Gasteiger charge is -2.37. The Kier molecular flexibility index (Phi) is 18.7. The van der Waals surface area contributed by atoms with Crippen LogP contribution in [0.3, 0.4) is 0 Å². The highest BCUT2D eigenvalue weighted by Gasteiger charge is 2.38. The molecule has 0 aliphatic carbocycles. The van der Waals surface area contributed by atoms with Gasteiger partial charge in [-0.1, -0.05) is 82.6 Å². The Labute approximate surface area is 291 Å². The predicted molar refractivity (Wildman–Crippen MR) is 199 cm³/mol. The third kappa shape index (κ3) is 13.0. The van der Waals surface area contributed by atoms with Crippen LogP contribution in [0.4, 0.5) is 0 Å². The summed E-state index contributed by atoms with van der Waals surface area (Å²) in [6.45, 7) is 4.68. The molecule has 0 aliphatic rings.